The van der Waals surface area contributed by atoms with Crippen LogP contribution in [0.2, 0.25) is 5.02 Å². The first-order chi connectivity index (χ1) is 9.72. The second-order valence-electron chi connectivity index (χ2n) is 5.71. The largest absolute Gasteiger partial charge is 0.378 e. The summed E-state index contributed by atoms with van der Waals surface area (Å²) < 4.78 is 5.65. The Morgan fingerprint density at radius 3 is 2.55 bits per heavy atom. The van der Waals surface area contributed by atoms with Crippen LogP contribution in [0.3, 0.4) is 0 Å². The molecule has 0 aromatic heterocycles. The predicted octanol–water partition coefficient (Wildman–Crippen LogP) is 4.59. The zero-order valence-electron chi connectivity index (χ0n) is 12.6. The molecular weight excluding hydrogens is 270 g/mol. The maximum absolute atomic E-state index is 5.98. The highest BCUT2D eigenvalue weighted by atomic mass is 35.5. The molecule has 112 valence electrons. The van der Waals surface area contributed by atoms with Crippen LogP contribution in [0.1, 0.15) is 51.1 Å². The van der Waals surface area contributed by atoms with Gasteiger partial charge in [-0.1, -0.05) is 30.7 Å². The molecule has 0 saturated heterocycles. The summed E-state index contributed by atoms with van der Waals surface area (Å²) >= 11 is 5.98. The van der Waals surface area contributed by atoms with Crippen LogP contribution in [0.4, 0.5) is 0 Å². The van der Waals surface area contributed by atoms with Crippen molar-refractivity contribution in [3.8, 4) is 0 Å². The molecule has 1 fully saturated rings. The highest BCUT2D eigenvalue weighted by Crippen LogP contribution is 2.37. The van der Waals surface area contributed by atoms with Gasteiger partial charge in [-0.3, -0.25) is 0 Å². The molecule has 0 spiro atoms. The van der Waals surface area contributed by atoms with Gasteiger partial charge in [-0.05, 0) is 62.8 Å². The first-order valence-corrected chi connectivity index (χ1v) is 8.21. The van der Waals surface area contributed by atoms with Gasteiger partial charge >= 0.3 is 0 Å². The summed E-state index contributed by atoms with van der Waals surface area (Å²) in [6.45, 7) is 6.19. The highest BCUT2D eigenvalue weighted by molar-refractivity contribution is 6.30. The molecule has 2 nitrogen and oxygen atoms in total. The summed E-state index contributed by atoms with van der Waals surface area (Å²) in [6.07, 6.45) is 5.29. The lowest BCUT2D eigenvalue weighted by Gasteiger charge is -2.37. The van der Waals surface area contributed by atoms with Crippen molar-refractivity contribution >= 4 is 11.6 Å². The number of hydrogen-bond donors (Lipinski definition) is 1. The summed E-state index contributed by atoms with van der Waals surface area (Å²) in [6, 6.07) is 8.71. The zero-order chi connectivity index (χ0) is 14.4. The summed E-state index contributed by atoms with van der Waals surface area (Å²) in [4.78, 5) is 0. The van der Waals surface area contributed by atoms with Crippen LogP contribution in [-0.4, -0.2) is 19.3 Å². The van der Waals surface area contributed by atoms with Gasteiger partial charge < -0.3 is 10.1 Å². The monoisotopic (exact) mass is 295 g/mol. The van der Waals surface area contributed by atoms with Crippen LogP contribution in [0.15, 0.2) is 24.3 Å². The van der Waals surface area contributed by atoms with Crippen LogP contribution in [-0.2, 0) is 4.74 Å². The minimum Gasteiger partial charge on any atom is -0.378 e. The molecule has 3 heteroatoms. The Bertz CT molecular complexity index is 386. The number of nitrogens with one attached hydrogen (secondary N) is 1. The third-order valence-electron chi connectivity index (χ3n) is 4.08. The molecule has 0 heterocycles. The third kappa shape index (κ3) is 4.47. The minimum absolute atomic E-state index is 0.444. The van der Waals surface area contributed by atoms with E-state index in [1.54, 1.807) is 0 Å². The van der Waals surface area contributed by atoms with Crippen LogP contribution in [0.25, 0.3) is 0 Å². The van der Waals surface area contributed by atoms with E-state index in [9.17, 15) is 0 Å². The number of halogens is 1. The fourth-order valence-corrected chi connectivity index (χ4v) is 3.05. The fraction of sp³-hybridized carbons (Fsp3) is 0.647. The first kappa shape index (κ1) is 15.8. The molecular formula is C17H26ClNO. The molecule has 1 unspecified atom stereocenters. The van der Waals surface area contributed by atoms with E-state index in [1.807, 2.05) is 12.1 Å². The van der Waals surface area contributed by atoms with Crippen molar-refractivity contribution in [2.75, 3.05) is 13.2 Å². The maximum Gasteiger partial charge on any atom is 0.0580 e. The SMILES string of the molecule is CCCNC(CC1CC(OCC)C1)c1ccc(Cl)cc1. The van der Waals surface area contributed by atoms with Gasteiger partial charge in [0, 0.05) is 17.7 Å². The van der Waals surface area contributed by atoms with E-state index in [-0.39, 0.29) is 0 Å². The van der Waals surface area contributed by atoms with Gasteiger partial charge in [-0.25, -0.2) is 0 Å². The Labute approximate surface area is 127 Å². The molecule has 2 rings (SSSR count). The first-order valence-electron chi connectivity index (χ1n) is 7.83. The standard InChI is InChI=1S/C17H26ClNO/c1-3-9-19-17(14-5-7-15(18)8-6-14)12-13-10-16(11-13)20-4-2/h5-8,13,16-17,19H,3-4,9-12H2,1-2H3. The van der Waals surface area contributed by atoms with Crippen molar-refractivity contribution in [3.63, 3.8) is 0 Å². The van der Waals surface area contributed by atoms with Crippen LogP contribution in [0, 0.1) is 5.92 Å². The second kappa shape index (κ2) is 8.02. The average molecular weight is 296 g/mol. The van der Waals surface area contributed by atoms with Gasteiger partial charge in [-0.2, -0.15) is 0 Å². The number of hydrogen-bond acceptors (Lipinski definition) is 2. The van der Waals surface area contributed by atoms with E-state index in [2.05, 4.69) is 31.3 Å². The highest BCUT2D eigenvalue weighted by Gasteiger charge is 2.31. The predicted molar refractivity (Wildman–Crippen MR) is 85.2 cm³/mol. The van der Waals surface area contributed by atoms with E-state index in [4.69, 9.17) is 16.3 Å². The van der Waals surface area contributed by atoms with Crippen molar-refractivity contribution in [2.24, 2.45) is 5.92 Å². The van der Waals surface area contributed by atoms with Crippen LogP contribution in [0.5, 0.6) is 0 Å². The van der Waals surface area contributed by atoms with E-state index in [0.717, 1.165) is 30.5 Å². The molecule has 1 aliphatic carbocycles. The topological polar surface area (TPSA) is 21.3 Å². The molecule has 0 amide bonds. The van der Waals surface area contributed by atoms with Crippen molar-refractivity contribution in [1.82, 2.24) is 5.32 Å². The van der Waals surface area contributed by atoms with Crippen LogP contribution < -0.4 is 5.32 Å². The molecule has 0 radical (unpaired) electrons. The average Bonchev–Trinajstić information content (AvgIpc) is 2.41. The van der Waals surface area contributed by atoms with Gasteiger partial charge in [0.25, 0.3) is 0 Å². The van der Waals surface area contributed by atoms with E-state index >= 15 is 0 Å². The second-order valence-corrected chi connectivity index (χ2v) is 6.15. The fourth-order valence-electron chi connectivity index (χ4n) is 2.92. The molecule has 1 saturated carbocycles. The normalized spacial score (nSPS) is 23.4. The molecule has 1 N–H and O–H groups in total. The third-order valence-corrected chi connectivity index (χ3v) is 4.33. The number of ether oxygens (including phenoxy) is 1. The molecule has 1 atom stereocenters. The lowest BCUT2D eigenvalue weighted by molar-refractivity contribution is -0.0291. The van der Waals surface area contributed by atoms with Gasteiger partial charge in [0.15, 0.2) is 0 Å². The Morgan fingerprint density at radius 2 is 1.95 bits per heavy atom. The van der Waals surface area contributed by atoms with Gasteiger partial charge in [0.05, 0.1) is 6.10 Å². The van der Waals surface area contributed by atoms with E-state index < -0.39 is 0 Å². The van der Waals surface area contributed by atoms with E-state index in [1.165, 1.54) is 24.8 Å². The molecule has 20 heavy (non-hydrogen) atoms. The lowest BCUT2D eigenvalue weighted by Crippen LogP contribution is -2.35. The quantitative estimate of drug-likeness (QED) is 0.757. The Hall–Kier alpha value is -0.570. The Kier molecular flexibility index (Phi) is 6.34. The minimum atomic E-state index is 0.444. The number of rotatable bonds is 8. The van der Waals surface area contributed by atoms with Crippen molar-refractivity contribution in [2.45, 2.75) is 51.7 Å². The number of benzene rings is 1. The van der Waals surface area contributed by atoms with Gasteiger partial charge in [0.1, 0.15) is 0 Å². The Morgan fingerprint density at radius 1 is 1.25 bits per heavy atom. The molecule has 0 bridgehead atoms. The molecule has 1 aromatic carbocycles. The van der Waals surface area contributed by atoms with Crippen molar-refractivity contribution in [1.29, 1.82) is 0 Å². The van der Waals surface area contributed by atoms with Crippen molar-refractivity contribution < 1.29 is 4.74 Å². The molecule has 1 aromatic rings. The zero-order valence-corrected chi connectivity index (χ0v) is 13.3. The maximum atomic E-state index is 5.98. The lowest BCUT2D eigenvalue weighted by atomic mass is 9.77. The smallest absolute Gasteiger partial charge is 0.0580 e. The van der Waals surface area contributed by atoms with Crippen molar-refractivity contribution in [3.05, 3.63) is 34.9 Å². The van der Waals surface area contributed by atoms with Gasteiger partial charge in [0.2, 0.25) is 0 Å². The summed E-state index contributed by atoms with van der Waals surface area (Å²) in [5.74, 6) is 0.789. The van der Waals surface area contributed by atoms with Gasteiger partial charge in [-0.15, -0.1) is 0 Å². The van der Waals surface area contributed by atoms with E-state index in [0.29, 0.717) is 12.1 Å². The molecule has 1 aliphatic rings. The molecule has 0 aliphatic heterocycles. The Balaban J connectivity index is 1.89. The summed E-state index contributed by atoms with van der Waals surface area (Å²) in [7, 11) is 0. The summed E-state index contributed by atoms with van der Waals surface area (Å²) in [5.41, 5.74) is 1.35. The summed E-state index contributed by atoms with van der Waals surface area (Å²) in [5, 5.41) is 4.48. The van der Waals surface area contributed by atoms with Crippen LogP contribution >= 0.6 is 11.6 Å².